The zero-order valence-electron chi connectivity index (χ0n) is 12.5. The van der Waals surface area contributed by atoms with Crippen LogP contribution in [0.3, 0.4) is 0 Å². The average Bonchev–Trinajstić information content (AvgIpc) is 2.76. The lowest BCUT2D eigenvalue weighted by Gasteiger charge is -2.12. The molecule has 2 aromatic rings. The first-order chi connectivity index (χ1) is 10.1. The Morgan fingerprint density at radius 2 is 2.14 bits per heavy atom. The molecule has 1 aromatic carbocycles. The number of halogens is 2. The van der Waals surface area contributed by atoms with Gasteiger partial charge in [0.1, 0.15) is 11.6 Å². The first-order valence-corrected chi connectivity index (χ1v) is 7.58. The highest BCUT2D eigenvalue weighted by Crippen LogP contribution is 2.18. The SMILES string of the molecule is CN(C)CCOCCn1c(CCCl)nc2ccc(F)cc21. The highest BCUT2D eigenvalue weighted by molar-refractivity contribution is 6.17. The molecule has 0 amide bonds. The summed E-state index contributed by atoms with van der Waals surface area (Å²) in [6.45, 7) is 2.79. The summed E-state index contributed by atoms with van der Waals surface area (Å²) in [6, 6.07) is 4.64. The Labute approximate surface area is 129 Å². The van der Waals surface area contributed by atoms with E-state index in [4.69, 9.17) is 16.3 Å². The predicted molar refractivity (Wildman–Crippen MR) is 83.5 cm³/mol. The van der Waals surface area contributed by atoms with Crippen molar-refractivity contribution in [2.75, 3.05) is 39.7 Å². The summed E-state index contributed by atoms with van der Waals surface area (Å²) in [5.41, 5.74) is 1.59. The maximum Gasteiger partial charge on any atom is 0.125 e. The topological polar surface area (TPSA) is 30.3 Å². The van der Waals surface area contributed by atoms with E-state index in [2.05, 4.69) is 9.88 Å². The lowest BCUT2D eigenvalue weighted by molar-refractivity contribution is 0.111. The lowest BCUT2D eigenvalue weighted by Crippen LogP contribution is -2.19. The minimum Gasteiger partial charge on any atom is -0.378 e. The molecule has 0 N–H and O–H groups in total. The molecule has 1 heterocycles. The number of ether oxygens (including phenoxy) is 1. The van der Waals surface area contributed by atoms with Gasteiger partial charge in [0, 0.05) is 25.4 Å². The molecule has 0 atom stereocenters. The fourth-order valence-electron chi connectivity index (χ4n) is 2.18. The molecule has 4 nitrogen and oxygen atoms in total. The maximum atomic E-state index is 13.4. The van der Waals surface area contributed by atoms with Gasteiger partial charge in [0.2, 0.25) is 0 Å². The molecule has 1 aromatic heterocycles. The molecule has 0 bridgehead atoms. The van der Waals surface area contributed by atoms with Gasteiger partial charge in [0.05, 0.1) is 24.2 Å². The Bertz CT molecular complexity index is 586. The van der Waals surface area contributed by atoms with Crippen molar-refractivity contribution in [2.24, 2.45) is 0 Å². The summed E-state index contributed by atoms with van der Waals surface area (Å²) in [4.78, 5) is 6.59. The smallest absolute Gasteiger partial charge is 0.125 e. The van der Waals surface area contributed by atoms with E-state index in [0.717, 1.165) is 23.4 Å². The van der Waals surface area contributed by atoms with E-state index in [1.165, 1.54) is 12.1 Å². The molecule has 0 saturated heterocycles. The molecule has 6 heteroatoms. The van der Waals surface area contributed by atoms with Gasteiger partial charge in [-0.05, 0) is 32.3 Å². The molecule has 0 spiro atoms. The van der Waals surface area contributed by atoms with Gasteiger partial charge in [-0.2, -0.15) is 0 Å². The van der Waals surface area contributed by atoms with Crippen LogP contribution in [0.2, 0.25) is 0 Å². The molecule has 0 aliphatic heterocycles. The number of nitrogens with zero attached hydrogens (tertiary/aromatic N) is 3. The fourth-order valence-corrected chi connectivity index (χ4v) is 2.34. The van der Waals surface area contributed by atoms with Gasteiger partial charge in [0.25, 0.3) is 0 Å². The van der Waals surface area contributed by atoms with Crippen LogP contribution in [0.15, 0.2) is 18.2 Å². The van der Waals surface area contributed by atoms with Gasteiger partial charge < -0.3 is 14.2 Å². The van der Waals surface area contributed by atoms with E-state index in [-0.39, 0.29) is 5.82 Å². The molecular weight excluding hydrogens is 293 g/mol. The van der Waals surface area contributed by atoms with E-state index >= 15 is 0 Å². The number of rotatable bonds is 8. The van der Waals surface area contributed by atoms with Crippen LogP contribution in [0.5, 0.6) is 0 Å². The Hall–Kier alpha value is -1.17. The normalized spacial score (nSPS) is 11.7. The summed E-state index contributed by atoms with van der Waals surface area (Å²) < 4.78 is 21.0. The van der Waals surface area contributed by atoms with E-state index in [9.17, 15) is 4.39 Å². The van der Waals surface area contributed by atoms with Crippen LogP contribution in [0.25, 0.3) is 11.0 Å². The van der Waals surface area contributed by atoms with E-state index in [1.54, 1.807) is 6.07 Å². The largest absolute Gasteiger partial charge is 0.378 e. The van der Waals surface area contributed by atoms with Gasteiger partial charge in [-0.15, -0.1) is 11.6 Å². The summed E-state index contributed by atoms with van der Waals surface area (Å²) in [5, 5.41) is 0. The van der Waals surface area contributed by atoms with Crippen molar-refractivity contribution in [1.29, 1.82) is 0 Å². The van der Waals surface area contributed by atoms with Crippen LogP contribution >= 0.6 is 11.6 Å². The number of aromatic nitrogens is 2. The zero-order valence-corrected chi connectivity index (χ0v) is 13.2. The van der Waals surface area contributed by atoms with Crippen molar-refractivity contribution in [3.05, 3.63) is 29.8 Å². The highest BCUT2D eigenvalue weighted by atomic mass is 35.5. The highest BCUT2D eigenvalue weighted by Gasteiger charge is 2.11. The molecule has 0 fully saturated rings. The van der Waals surface area contributed by atoms with Gasteiger partial charge in [-0.1, -0.05) is 0 Å². The third-order valence-corrected chi connectivity index (χ3v) is 3.44. The Kier molecular flexibility index (Phi) is 5.96. The molecule has 0 unspecified atom stereocenters. The monoisotopic (exact) mass is 313 g/mol. The second kappa shape index (κ2) is 7.73. The number of hydrogen-bond acceptors (Lipinski definition) is 3. The van der Waals surface area contributed by atoms with Crippen molar-refractivity contribution in [2.45, 2.75) is 13.0 Å². The Morgan fingerprint density at radius 3 is 2.86 bits per heavy atom. The minimum absolute atomic E-state index is 0.255. The van der Waals surface area contributed by atoms with Crippen molar-refractivity contribution < 1.29 is 9.13 Å². The molecule has 0 aliphatic carbocycles. The quantitative estimate of drug-likeness (QED) is 0.554. The number of fused-ring (bicyclic) bond motifs is 1. The lowest BCUT2D eigenvalue weighted by atomic mass is 10.3. The fraction of sp³-hybridized carbons (Fsp3) is 0.533. The summed E-state index contributed by atoms with van der Waals surface area (Å²) >= 11 is 5.82. The summed E-state index contributed by atoms with van der Waals surface area (Å²) in [5.74, 6) is 1.12. The number of hydrogen-bond donors (Lipinski definition) is 0. The van der Waals surface area contributed by atoms with Gasteiger partial charge in [0.15, 0.2) is 0 Å². The van der Waals surface area contributed by atoms with E-state index in [1.807, 2.05) is 18.7 Å². The average molecular weight is 314 g/mol. The molecule has 116 valence electrons. The van der Waals surface area contributed by atoms with Crippen molar-refractivity contribution in [3.8, 4) is 0 Å². The van der Waals surface area contributed by atoms with E-state index in [0.29, 0.717) is 32.1 Å². The van der Waals surface area contributed by atoms with Gasteiger partial charge in [-0.3, -0.25) is 0 Å². The van der Waals surface area contributed by atoms with Gasteiger partial charge >= 0.3 is 0 Å². The Morgan fingerprint density at radius 1 is 1.33 bits per heavy atom. The molecular formula is C15H21ClFN3O. The number of imidazole rings is 1. The standard InChI is InChI=1S/C15H21ClFN3O/c1-19(2)7-9-21-10-8-20-14-11-12(17)3-4-13(14)18-15(20)5-6-16/h3-4,11H,5-10H2,1-2H3. The van der Waals surface area contributed by atoms with Crippen LogP contribution in [-0.4, -0.2) is 54.2 Å². The van der Waals surface area contributed by atoms with E-state index < -0.39 is 0 Å². The van der Waals surface area contributed by atoms with Crippen molar-refractivity contribution >= 4 is 22.6 Å². The minimum atomic E-state index is -0.255. The van der Waals surface area contributed by atoms with Crippen LogP contribution < -0.4 is 0 Å². The third-order valence-electron chi connectivity index (χ3n) is 3.25. The summed E-state index contributed by atoms with van der Waals surface area (Å²) in [6.07, 6.45) is 0.662. The molecule has 0 aliphatic rings. The Balaban J connectivity index is 2.08. The molecule has 2 rings (SSSR count). The van der Waals surface area contributed by atoms with Crippen molar-refractivity contribution in [3.63, 3.8) is 0 Å². The number of alkyl halides is 1. The zero-order chi connectivity index (χ0) is 15.2. The second-order valence-electron chi connectivity index (χ2n) is 5.17. The van der Waals surface area contributed by atoms with Crippen molar-refractivity contribution in [1.82, 2.24) is 14.5 Å². The van der Waals surface area contributed by atoms with Crippen LogP contribution in [0, 0.1) is 5.82 Å². The van der Waals surface area contributed by atoms with Crippen LogP contribution in [0.4, 0.5) is 4.39 Å². The molecule has 0 saturated carbocycles. The third kappa shape index (κ3) is 4.40. The first kappa shape index (κ1) is 16.2. The predicted octanol–water partition coefficient (Wildman–Crippen LogP) is 2.53. The first-order valence-electron chi connectivity index (χ1n) is 7.05. The summed E-state index contributed by atoms with van der Waals surface area (Å²) in [7, 11) is 4.02. The second-order valence-corrected chi connectivity index (χ2v) is 5.55. The van der Waals surface area contributed by atoms with Crippen LogP contribution in [-0.2, 0) is 17.7 Å². The number of benzene rings is 1. The molecule has 0 radical (unpaired) electrons. The maximum absolute atomic E-state index is 13.4. The number of likely N-dealkylation sites (N-methyl/N-ethyl adjacent to an activating group) is 1. The molecule has 21 heavy (non-hydrogen) atoms. The number of aryl methyl sites for hydroxylation is 1. The van der Waals surface area contributed by atoms with Crippen LogP contribution in [0.1, 0.15) is 5.82 Å². The van der Waals surface area contributed by atoms with Gasteiger partial charge in [-0.25, -0.2) is 9.37 Å².